The first-order chi connectivity index (χ1) is 14.5. The Morgan fingerprint density at radius 3 is 2.77 bits per heavy atom. The molecule has 0 bridgehead atoms. The van der Waals surface area contributed by atoms with Crippen molar-refractivity contribution in [2.24, 2.45) is 4.99 Å². The van der Waals surface area contributed by atoms with Crippen molar-refractivity contribution in [3.8, 4) is 11.8 Å². The highest BCUT2D eigenvalue weighted by molar-refractivity contribution is 6.16. The molecule has 5 nitrogen and oxygen atoms in total. The van der Waals surface area contributed by atoms with Crippen LogP contribution >= 0.6 is 0 Å². The number of nitrogens with two attached hydrogens (primary N) is 1. The van der Waals surface area contributed by atoms with Crippen molar-refractivity contribution >= 4 is 17.5 Å². The first-order valence-electron chi connectivity index (χ1n) is 9.60. The van der Waals surface area contributed by atoms with E-state index in [9.17, 15) is 9.18 Å². The number of aromatic nitrogens is 1. The highest BCUT2D eigenvalue weighted by Gasteiger charge is 2.18. The van der Waals surface area contributed by atoms with Gasteiger partial charge in [-0.1, -0.05) is 36.5 Å². The number of aliphatic imine (C=N–C) groups is 1. The van der Waals surface area contributed by atoms with Gasteiger partial charge in [-0.05, 0) is 43.5 Å². The van der Waals surface area contributed by atoms with Crippen molar-refractivity contribution in [1.82, 2.24) is 4.98 Å². The Labute approximate surface area is 175 Å². The molecule has 6 heteroatoms. The van der Waals surface area contributed by atoms with Crippen LogP contribution in [0.25, 0.3) is 0 Å². The number of ether oxygens (including phenoxy) is 1. The summed E-state index contributed by atoms with van der Waals surface area (Å²) >= 11 is 0. The van der Waals surface area contributed by atoms with Crippen molar-refractivity contribution in [1.29, 1.82) is 0 Å². The molecule has 1 aromatic heterocycles. The summed E-state index contributed by atoms with van der Waals surface area (Å²) in [4.78, 5) is 20.3. The van der Waals surface area contributed by atoms with Crippen molar-refractivity contribution in [3.05, 3.63) is 82.5 Å². The van der Waals surface area contributed by atoms with Crippen molar-refractivity contribution in [2.45, 2.75) is 26.2 Å². The van der Waals surface area contributed by atoms with Gasteiger partial charge in [-0.2, -0.15) is 0 Å². The van der Waals surface area contributed by atoms with E-state index in [4.69, 9.17) is 5.73 Å². The van der Waals surface area contributed by atoms with Gasteiger partial charge in [0, 0.05) is 23.5 Å². The van der Waals surface area contributed by atoms with E-state index in [-0.39, 0.29) is 5.56 Å². The van der Waals surface area contributed by atoms with Gasteiger partial charge in [-0.3, -0.25) is 4.99 Å². The summed E-state index contributed by atoms with van der Waals surface area (Å²) < 4.78 is 19.2. The molecule has 0 spiro atoms. The molecule has 1 aliphatic heterocycles. The number of carbonyl (C=O) groups is 1. The fraction of sp³-hybridized carbons (Fsp3) is 0.208. The van der Waals surface area contributed by atoms with E-state index in [2.05, 4.69) is 33.5 Å². The number of allylic oxidation sites excluding steroid dienone is 3. The van der Waals surface area contributed by atoms with Crippen LogP contribution in [0.2, 0.25) is 0 Å². The van der Waals surface area contributed by atoms with E-state index < -0.39 is 11.8 Å². The fourth-order valence-corrected chi connectivity index (χ4v) is 3.09. The Kier molecular flexibility index (Phi) is 6.76. The number of esters is 1. The lowest BCUT2D eigenvalue weighted by atomic mass is 9.92. The van der Waals surface area contributed by atoms with Crippen molar-refractivity contribution < 1.29 is 13.9 Å². The molecule has 0 saturated heterocycles. The molecule has 0 radical (unpaired) electrons. The van der Waals surface area contributed by atoms with Crippen molar-refractivity contribution in [3.63, 3.8) is 0 Å². The number of anilines is 1. The number of nitrogen functional groups attached to an aromatic ring is 1. The molecule has 0 unspecified atom stereocenters. The number of pyridine rings is 1. The van der Waals surface area contributed by atoms with Gasteiger partial charge in [-0.15, -0.1) is 0 Å². The summed E-state index contributed by atoms with van der Waals surface area (Å²) in [7, 11) is 1.22. The summed E-state index contributed by atoms with van der Waals surface area (Å²) in [6.45, 7) is 2.06. The Morgan fingerprint density at radius 1 is 1.27 bits per heavy atom. The summed E-state index contributed by atoms with van der Waals surface area (Å²) in [6.07, 6.45) is 7.77. The van der Waals surface area contributed by atoms with Crippen LogP contribution < -0.4 is 5.73 Å². The second kappa shape index (κ2) is 9.66. The largest absolute Gasteiger partial charge is 0.465 e. The first kappa shape index (κ1) is 21.0. The molecule has 2 aromatic rings. The molecule has 2 N–H and O–H groups in total. The highest BCUT2D eigenvalue weighted by Crippen LogP contribution is 2.24. The predicted molar refractivity (Wildman–Crippen MR) is 115 cm³/mol. The third kappa shape index (κ3) is 4.81. The molecular formula is C24H22FN3O2. The maximum absolute atomic E-state index is 14.6. The molecule has 0 fully saturated rings. The summed E-state index contributed by atoms with van der Waals surface area (Å²) in [5, 5.41) is 0. The highest BCUT2D eigenvalue weighted by atomic mass is 19.1. The van der Waals surface area contributed by atoms with Gasteiger partial charge in [0.1, 0.15) is 11.6 Å². The molecule has 152 valence electrons. The van der Waals surface area contributed by atoms with E-state index in [1.54, 1.807) is 30.6 Å². The van der Waals surface area contributed by atoms with Gasteiger partial charge in [0.25, 0.3) is 0 Å². The Morgan fingerprint density at radius 2 is 2.10 bits per heavy atom. The lowest BCUT2D eigenvalue weighted by Gasteiger charge is -2.14. The molecule has 0 atom stereocenters. The lowest BCUT2D eigenvalue weighted by Crippen LogP contribution is -2.11. The number of hydrogen-bond acceptors (Lipinski definition) is 5. The van der Waals surface area contributed by atoms with Crippen LogP contribution in [-0.2, 0) is 4.74 Å². The minimum atomic E-state index is -0.723. The molecule has 3 rings (SSSR count). The normalized spacial score (nSPS) is 13.6. The maximum atomic E-state index is 14.6. The van der Waals surface area contributed by atoms with Crippen LogP contribution in [0.4, 0.5) is 10.2 Å². The van der Waals surface area contributed by atoms with Crippen LogP contribution in [0.5, 0.6) is 0 Å². The molecule has 0 aliphatic carbocycles. The van der Waals surface area contributed by atoms with Crippen LogP contribution in [0, 0.1) is 17.7 Å². The topological polar surface area (TPSA) is 77.6 Å². The Bertz CT molecular complexity index is 1100. The zero-order valence-electron chi connectivity index (χ0n) is 16.9. The number of methoxy groups -OCH3 is 1. The van der Waals surface area contributed by atoms with Gasteiger partial charge in [0.2, 0.25) is 0 Å². The SMILES string of the molecule is CCC1=C(C#Cc2ccc(N)nc2)C(c2ccc(C(=O)OC)c(F)c2)=NC=CCC1. The summed E-state index contributed by atoms with van der Waals surface area (Å²) in [6, 6.07) is 7.84. The average Bonchev–Trinajstić information content (AvgIpc) is 2.74. The Balaban J connectivity index is 2.10. The van der Waals surface area contributed by atoms with Gasteiger partial charge in [0.15, 0.2) is 0 Å². The van der Waals surface area contributed by atoms with Gasteiger partial charge in [0.05, 0.1) is 24.0 Å². The number of rotatable bonds is 3. The third-order valence-corrected chi connectivity index (χ3v) is 4.70. The molecule has 1 aromatic carbocycles. The van der Waals surface area contributed by atoms with E-state index in [0.29, 0.717) is 17.1 Å². The van der Waals surface area contributed by atoms with E-state index in [1.165, 1.54) is 19.2 Å². The monoisotopic (exact) mass is 403 g/mol. The zero-order chi connectivity index (χ0) is 21.5. The molecule has 1 aliphatic rings. The quantitative estimate of drug-likeness (QED) is 0.607. The lowest BCUT2D eigenvalue weighted by molar-refractivity contribution is 0.0595. The fourth-order valence-electron chi connectivity index (χ4n) is 3.09. The minimum absolute atomic E-state index is 0.122. The summed E-state index contributed by atoms with van der Waals surface area (Å²) in [5.74, 6) is 5.36. The predicted octanol–water partition coefficient (Wildman–Crippen LogP) is 4.44. The van der Waals surface area contributed by atoms with Gasteiger partial charge in [-0.25, -0.2) is 14.2 Å². The molecule has 0 saturated carbocycles. The zero-order valence-corrected chi connectivity index (χ0v) is 16.9. The smallest absolute Gasteiger partial charge is 0.340 e. The second-order valence-corrected chi connectivity index (χ2v) is 6.64. The molecular weight excluding hydrogens is 381 g/mol. The first-order valence-corrected chi connectivity index (χ1v) is 9.60. The summed E-state index contributed by atoms with van der Waals surface area (Å²) in [5.41, 5.74) is 9.22. The number of hydrogen-bond donors (Lipinski definition) is 1. The van der Waals surface area contributed by atoms with E-state index in [1.807, 2.05) is 6.08 Å². The number of halogens is 1. The number of carbonyl (C=O) groups excluding carboxylic acids is 1. The van der Waals surface area contributed by atoms with Crippen LogP contribution in [0.1, 0.15) is 47.7 Å². The average molecular weight is 403 g/mol. The van der Waals surface area contributed by atoms with Crippen LogP contribution in [0.15, 0.2) is 64.9 Å². The third-order valence-electron chi connectivity index (χ3n) is 4.70. The molecule has 0 amide bonds. The standard InChI is InChI=1S/C24H22FN3O2/c1-3-17-6-4-5-13-27-23(18-9-11-20(21(25)14-18)24(29)30-2)19(17)10-7-16-8-12-22(26)28-15-16/h5,8-9,11-15H,3-4,6H2,1-2H3,(H2,26,28). The molecule has 2 heterocycles. The second-order valence-electron chi connectivity index (χ2n) is 6.64. The van der Waals surface area contributed by atoms with Gasteiger partial charge < -0.3 is 10.5 Å². The van der Waals surface area contributed by atoms with E-state index in [0.717, 1.165) is 36.0 Å². The number of nitrogens with zero attached hydrogens (tertiary/aromatic N) is 2. The van der Waals surface area contributed by atoms with Gasteiger partial charge >= 0.3 is 5.97 Å². The van der Waals surface area contributed by atoms with Crippen molar-refractivity contribution in [2.75, 3.05) is 12.8 Å². The Hall–Kier alpha value is -3.72. The molecule has 30 heavy (non-hydrogen) atoms. The maximum Gasteiger partial charge on any atom is 0.340 e. The van der Waals surface area contributed by atoms with Crippen LogP contribution in [-0.4, -0.2) is 23.8 Å². The number of benzene rings is 1. The van der Waals surface area contributed by atoms with Crippen LogP contribution in [0.3, 0.4) is 0 Å². The minimum Gasteiger partial charge on any atom is -0.465 e. The van der Waals surface area contributed by atoms with E-state index >= 15 is 0 Å².